The van der Waals surface area contributed by atoms with Crippen LogP contribution in [0.3, 0.4) is 0 Å². The van der Waals surface area contributed by atoms with Crippen LogP contribution in [0.25, 0.3) is 0 Å². The fourth-order valence-corrected chi connectivity index (χ4v) is 3.72. The van der Waals surface area contributed by atoms with E-state index in [-0.39, 0.29) is 10.9 Å². The maximum Gasteiger partial charge on any atom is 0.238 e. The number of aromatic nitrogens is 1. The van der Waals surface area contributed by atoms with E-state index in [0.717, 1.165) is 24.2 Å². The van der Waals surface area contributed by atoms with Gasteiger partial charge in [-0.05, 0) is 58.6 Å². The van der Waals surface area contributed by atoms with Crippen LogP contribution >= 0.6 is 15.9 Å². The lowest BCUT2D eigenvalue weighted by atomic mass is 10.2. The zero-order valence-corrected chi connectivity index (χ0v) is 13.5. The number of nitrogens with one attached hydrogen (secondary N) is 1. The van der Waals surface area contributed by atoms with Gasteiger partial charge in [0.05, 0.1) is 16.6 Å². The van der Waals surface area contributed by atoms with Crippen molar-refractivity contribution < 1.29 is 8.42 Å². The summed E-state index contributed by atoms with van der Waals surface area (Å²) in [5.41, 5.74) is 3.14. The molecule has 1 unspecified atom stereocenters. The molecule has 0 aliphatic heterocycles. The van der Waals surface area contributed by atoms with Gasteiger partial charge in [0.15, 0.2) is 0 Å². The molecule has 7 heteroatoms. The number of rotatable bonds is 3. The molecule has 0 saturated carbocycles. The number of benzene rings is 1. The average Bonchev–Trinajstić information content (AvgIpc) is 2.83. The van der Waals surface area contributed by atoms with Gasteiger partial charge < -0.3 is 5.32 Å². The molecule has 2 aromatic rings. The molecule has 0 radical (unpaired) electrons. The van der Waals surface area contributed by atoms with Crippen LogP contribution in [-0.4, -0.2) is 13.4 Å². The van der Waals surface area contributed by atoms with Crippen molar-refractivity contribution in [3.63, 3.8) is 0 Å². The number of anilines is 1. The molecular weight excluding hydrogens is 354 g/mol. The van der Waals surface area contributed by atoms with Crippen LogP contribution < -0.4 is 10.5 Å². The normalized spacial score (nSPS) is 17.5. The van der Waals surface area contributed by atoms with Gasteiger partial charge in [0.1, 0.15) is 0 Å². The zero-order chi connectivity index (χ0) is 15.0. The highest BCUT2D eigenvalue weighted by atomic mass is 79.9. The van der Waals surface area contributed by atoms with E-state index in [4.69, 9.17) is 5.14 Å². The highest BCUT2D eigenvalue weighted by Crippen LogP contribution is 2.34. The van der Waals surface area contributed by atoms with E-state index in [1.807, 2.05) is 6.07 Å². The number of halogens is 1. The van der Waals surface area contributed by atoms with Crippen LogP contribution in [0.4, 0.5) is 5.69 Å². The molecule has 0 saturated heterocycles. The summed E-state index contributed by atoms with van der Waals surface area (Å²) in [5, 5.41) is 8.52. The molecule has 0 bridgehead atoms. The lowest BCUT2D eigenvalue weighted by Gasteiger charge is -2.16. The largest absolute Gasteiger partial charge is 0.376 e. The van der Waals surface area contributed by atoms with Crippen molar-refractivity contribution in [3.8, 4) is 0 Å². The summed E-state index contributed by atoms with van der Waals surface area (Å²) in [4.78, 5) is 4.52. The number of hydrogen-bond donors (Lipinski definition) is 2. The number of pyridine rings is 1. The number of fused-ring (bicyclic) bond motifs is 1. The van der Waals surface area contributed by atoms with E-state index in [1.54, 1.807) is 12.3 Å². The molecule has 1 aliphatic carbocycles. The highest BCUT2D eigenvalue weighted by molar-refractivity contribution is 9.10. The predicted molar refractivity (Wildman–Crippen MR) is 84.4 cm³/mol. The molecule has 1 atom stereocenters. The Morgan fingerprint density at radius 2 is 2.14 bits per heavy atom. The molecule has 1 heterocycles. The van der Waals surface area contributed by atoms with Crippen LogP contribution in [0.2, 0.25) is 0 Å². The number of primary sulfonamides is 1. The van der Waals surface area contributed by atoms with Crippen molar-refractivity contribution in [2.24, 2.45) is 5.14 Å². The van der Waals surface area contributed by atoms with Gasteiger partial charge in [-0.15, -0.1) is 0 Å². The van der Waals surface area contributed by atoms with Gasteiger partial charge >= 0.3 is 0 Å². The van der Waals surface area contributed by atoms with E-state index >= 15 is 0 Å². The van der Waals surface area contributed by atoms with E-state index < -0.39 is 10.0 Å². The fourth-order valence-electron chi connectivity index (χ4n) is 2.53. The van der Waals surface area contributed by atoms with Gasteiger partial charge in [-0.1, -0.05) is 6.07 Å². The Kier molecular flexibility index (Phi) is 3.73. The summed E-state index contributed by atoms with van der Waals surface area (Å²) in [6, 6.07) is 8.88. The number of aryl methyl sites for hydroxylation is 1. The Hall–Kier alpha value is -1.44. The smallest absolute Gasteiger partial charge is 0.238 e. The second-order valence-corrected chi connectivity index (χ2v) is 7.39. The molecule has 0 fully saturated rings. The van der Waals surface area contributed by atoms with Crippen molar-refractivity contribution in [1.82, 2.24) is 4.98 Å². The van der Waals surface area contributed by atoms with Crippen molar-refractivity contribution in [3.05, 3.63) is 52.3 Å². The average molecular weight is 368 g/mol. The minimum atomic E-state index is -3.69. The molecule has 110 valence electrons. The zero-order valence-electron chi connectivity index (χ0n) is 11.1. The van der Waals surface area contributed by atoms with E-state index in [0.29, 0.717) is 4.47 Å². The van der Waals surface area contributed by atoms with Gasteiger partial charge in [0.2, 0.25) is 10.0 Å². The van der Waals surface area contributed by atoms with Crippen molar-refractivity contribution in [2.75, 3.05) is 5.32 Å². The highest BCUT2D eigenvalue weighted by Gasteiger charge is 2.24. The molecule has 1 aliphatic rings. The summed E-state index contributed by atoms with van der Waals surface area (Å²) < 4.78 is 23.3. The van der Waals surface area contributed by atoms with Crippen molar-refractivity contribution >= 4 is 31.6 Å². The quantitative estimate of drug-likeness (QED) is 0.872. The summed E-state index contributed by atoms with van der Waals surface area (Å²) in [7, 11) is -3.69. The monoisotopic (exact) mass is 367 g/mol. The van der Waals surface area contributed by atoms with Crippen molar-refractivity contribution in [1.29, 1.82) is 0 Å². The van der Waals surface area contributed by atoms with Gasteiger partial charge in [0, 0.05) is 16.4 Å². The van der Waals surface area contributed by atoms with Crippen LogP contribution in [0.5, 0.6) is 0 Å². The molecule has 0 spiro atoms. The third-order valence-corrected chi connectivity index (χ3v) is 5.12. The standard InChI is InChI=1S/C14H14BrN3O2S/c15-11-8-10(21(16,19)20)4-6-12(11)18-13-5-3-9-2-1-7-17-14(9)13/h1-2,4,6-8,13,18H,3,5H2,(H2,16,19,20). The molecule has 3 N–H and O–H groups in total. The molecule has 21 heavy (non-hydrogen) atoms. The van der Waals surface area contributed by atoms with Crippen molar-refractivity contribution in [2.45, 2.75) is 23.8 Å². The Bertz CT molecular complexity index is 793. The summed E-state index contributed by atoms with van der Waals surface area (Å²) in [5.74, 6) is 0. The van der Waals surface area contributed by atoms with E-state index in [9.17, 15) is 8.42 Å². The number of nitrogens with two attached hydrogens (primary N) is 1. The molecule has 3 rings (SSSR count). The van der Waals surface area contributed by atoms with Gasteiger partial charge in [-0.3, -0.25) is 4.98 Å². The lowest BCUT2D eigenvalue weighted by molar-refractivity contribution is 0.598. The van der Waals surface area contributed by atoms with Crippen LogP contribution in [0, 0.1) is 0 Å². The maximum atomic E-state index is 11.3. The summed E-state index contributed by atoms with van der Waals surface area (Å²) in [6.07, 6.45) is 3.75. The Labute approximate surface area is 131 Å². The van der Waals surface area contributed by atoms with Crippen LogP contribution in [0.15, 0.2) is 45.9 Å². The predicted octanol–water partition coefficient (Wildman–Crippen LogP) is 2.59. The second kappa shape index (κ2) is 5.40. The third-order valence-electron chi connectivity index (χ3n) is 3.56. The Morgan fingerprint density at radius 1 is 1.33 bits per heavy atom. The Morgan fingerprint density at radius 3 is 2.86 bits per heavy atom. The summed E-state index contributed by atoms with van der Waals surface area (Å²) in [6.45, 7) is 0. The molecule has 1 aromatic heterocycles. The SMILES string of the molecule is NS(=O)(=O)c1ccc(NC2CCc3cccnc32)c(Br)c1. The first-order valence-electron chi connectivity index (χ1n) is 6.48. The third kappa shape index (κ3) is 2.95. The fraction of sp³-hybridized carbons (Fsp3) is 0.214. The van der Waals surface area contributed by atoms with E-state index in [1.165, 1.54) is 17.7 Å². The second-order valence-electron chi connectivity index (χ2n) is 4.97. The first kappa shape index (κ1) is 14.5. The first-order valence-corrected chi connectivity index (χ1v) is 8.82. The lowest BCUT2D eigenvalue weighted by Crippen LogP contribution is -2.13. The van der Waals surface area contributed by atoms with Gasteiger partial charge in [0.25, 0.3) is 0 Å². The van der Waals surface area contributed by atoms with Gasteiger partial charge in [-0.2, -0.15) is 0 Å². The maximum absolute atomic E-state index is 11.3. The molecule has 0 amide bonds. The number of nitrogens with zero attached hydrogens (tertiary/aromatic N) is 1. The molecule has 1 aromatic carbocycles. The van der Waals surface area contributed by atoms with E-state index in [2.05, 4.69) is 32.3 Å². The van der Waals surface area contributed by atoms with Crippen LogP contribution in [0.1, 0.15) is 23.7 Å². The molecule has 5 nitrogen and oxygen atoms in total. The topological polar surface area (TPSA) is 85.1 Å². The van der Waals surface area contributed by atoms with Crippen LogP contribution in [-0.2, 0) is 16.4 Å². The Balaban J connectivity index is 1.87. The first-order chi connectivity index (χ1) is 9.95. The minimum Gasteiger partial charge on any atom is -0.376 e. The van der Waals surface area contributed by atoms with Gasteiger partial charge in [-0.25, -0.2) is 13.6 Å². The number of hydrogen-bond acceptors (Lipinski definition) is 4. The minimum absolute atomic E-state index is 0.0878. The summed E-state index contributed by atoms with van der Waals surface area (Å²) >= 11 is 3.38. The number of sulfonamides is 1. The molecular formula is C14H14BrN3O2S.